The first kappa shape index (κ1) is 12.7. The molecule has 7 nitrogen and oxygen atoms in total. The van der Waals surface area contributed by atoms with Gasteiger partial charge < -0.3 is 11.1 Å². The molecule has 0 aliphatic heterocycles. The number of benzene rings is 1. The van der Waals surface area contributed by atoms with Gasteiger partial charge in [-0.2, -0.15) is 0 Å². The third-order valence-corrected chi connectivity index (χ3v) is 3.16. The van der Waals surface area contributed by atoms with E-state index < -0.39 is 0 Å². The summed E-state index contributed by atoms with van der Waals surface area (Å²) in [5, 5.41) is 14.7. The summed E-state index contributed by atoms with van der Waals surface area (Å²) in [5.74, 6) is 0.647. The van der Waals surface area contributed by atoms with Gasteiger partial charge >= 0.3 is 0 Å². The Morgan fingerprint density at radius 3 is 3.05 bits per heavy atom. The number of tetrazole rings is 1. The number of nitrogens with two attached hydrogens (primary N) is 1. The Morgan fingerprint density at radius 1 is 1.45 bits per heavy atom. The lowest BCUT2D eigenvalue weighted by Crippen LogP contribution is -2.16. The van der Waals surface area contributed by atoms with Gasteiger partial charge in [0.15, 0.2) is 5.82 Å². The Hall–Kier alpha value is -2.28. The molecule has 104 valence electrons. The molecule has 0 radical (unpaired) electrons. The minimum Gasteiger partial charge on any atom is -0.330 e. The summed E-state index contributed by atoms with van der Waals surface area (Å²) in [6.45, 7) is 0.339. The minimum atomic E-state index is -0.0913. The molecule has 0 unspecified atom stereocenters. The van der Waals surface area contributed by atoms with Gasteiger partial charge in [0.2, 0.25) is 5.91 Å². The van der Waals surface area contributed by atoms with E-state index in [1.165, 1.54) is 0 Å². The van der Waals surface area contributed by atoms with Gasteiger partial charge in [0.25, 0.3) is 0 Å². The SMILES string of the molecule is NCCC(=O)Nc1cccc(-c2nnnn2C2CC2)c1. The molecule has 1 heterocycles. The molecule has 0 bridgehead atoms. The Kier molecular flexibility index (Phi) is 3.42. The molecule has 1 aromatic carbocycles. The molecule has 1 fully saturated rings. The Bertz CT molecular complexity index is 619. The van der Waals surface area contributed by atoms with Crippen LogP contribution in [0, 0.1) is 0 Å². The van der Waals surface area contributed by atoms with E-state index in [0.717, 1.165) is 29.9 Å². The van der Waals surface area contributed by atoms with Crippen LogP contribution in [0.25, 0.3) is 11.4 Å². The second kappa shape index (κ2) is 5.38. The highest BCUT2D eigenvalue weighted by Crippen LogP contribution is 2.36. The van der Waals surface area contributed by atoms with Crippen molar-refractivity contribution < 1.29 is 4.79 Å². The van der Waals surface area contributed by atoms with Crippen LogP contribution in [0.1, 0.15) is 25.3 Å². The molecule has 1 aromatic heterocycles. The van der Waals surface area contributed by atoms with Crippen LogP contribution in [0.5, 0.6) is 0 Å². The van der Waals surface area contributed by atoms with Crippen LogP contribution in [0.2, 0.25) is 0 Å². The van der Waals surface area contributed by atoms with Gasteiger partial charge in [-0.15, -0.1) is 5.10 Å². The fourth-order valence-electron chi connectivity index (χ4n) is 2.04. The van der Waals surface area contributed by atoms with Crippen LogP contribution < -0.4 is 11.1 Å². The van der Waals surface area contributed by atoms with Crippen LogP contribution in [-0.4, -0.2) is 32.7 Å². The summed E-state index contributed by atoms with van der Waals surface area (Å²) in [7, 11) is 0. The maximum Gasteiger partial charge on any atom is 0.225 e. The van der Waals surface area contributed by atoms with E-state index in [2.05, 4.69) is 20.8 Å². The third kappa shape index (κ3) is 2.67. The molecule has 20 heavy (non-hydrogen) atoms. The zero-order valence-corrected chi connectivity index (χ0v) is 11.0. The number of rotatable bonds is 5. The average Bonchev–Trinajstić information content (AvgIpc) is 3.16. The first-order valence-corrected chi connectivity index (χ1v) is 6.66. The molecular weight excluding hydrogens is 256 g/mol. The summed E-state index contributed by atoms with van der Waals surface area (Å²) < 4.78 is 1.85. The zero-order valence-electron chi connectivity index (χ0n) is 11.0. The fourth-order valence-corrected chi connectivity index (χ4v) is 2.04. The predicted octanol–water partition coefficient (Wildman–Crippen LogP) is 0.962. The van der Waals surface area contributed by atoms with Crippen molar-refractivity contribution in [2.24, 2.45) is 5.73 Å². The molecule has 1 saturated carbocycles. The van der Waals surface area contributed by atoms with Crippen molar-refractivity contribution in [3.63, 3.8) is 0 Å². The monoisotopic (exact) mass is 272 g/mol. The molecule has 0 atom stereocenters. The molecule has 1 aliphatic carbocycles. The van der Waals surface area contributed by atoms with Crippen molar-refractivity contribution in [1.82, 2.24) is 20.2 Å². The average molecular weight is 272 g/mol. The van der Waals surface area contributed by atoms with Gasteiger partial charge in [-0.05, 0) is 35.4 Å². The van der Waals surface area contributed by atoms with Gasteiger partial charge in [-0.25, -0.2) is 4.68 Å². The maximum absolute atomic E-state index is 11.6. The summed E-state index contributed by atoms with van der Waals surface area (Å²) in [4.78, 5) is 11.6. The Morgan fingerprint density at radius 2 is 2.30 bits per heavy atom. The predicted molar refractivity (Wildman–Crippen MR) is 73.8 cm³/mol. The largest absolute Gasteiger partial charge is 0.330 e. The quantitative estimate of drug-likeness (QED) is 0.844. The van der Waals surface area contributed by atoms with Gasteiger partial charge in [0.1, 0.15) is 0 Å². The summed E-state index contributed by atoms with van der Waals surface area (Å²) in [6.07, 6.45) is 2.54. The van der Waals surface area contributed by atoms with Gasteiger partial charge in [0.05, 0.1) is 6.04 Å². The van der Waals surface area contributed by atoms with E-state index >= 15 is 0 Å². The molecule has 1 aliphatic rings. The molecule has 2 aromatic rings. The van der Waals surface area contributed by atoms with Gasteiger partial charge in [0, 0.05) is 24.2 Å². The Labute approximate surface area is 116 Å². The van der Waals surface area contributed by atoms with Crippen LogP contribution in [0.4, 0.5) is 5.69 Å². The van der Waals surface area contributed by atoms with Crippen LogP contribution in [-0.2, 0) is 4.79 Å². The van der Waals surface area contributed by atoms with E-state index in [4.69, 9.17) is 5.73 Å². The van der Waals surface area contributed by atoms with Crippen molar-refractivity contribution >= 4 is 11.6 Å². The van der Waals surface area contributed by atoms with E-state index in [0.29, 0.717) is 19.0 Å². The lowest BCUT2D eigenvalue weighted by atomic mass is 10.2. The molecule has 0 spiro atoms. The van der Waals surface area contributed by atoms with Crippen LogP contribution in [0.15, 0.2) is 24.3 Å². The summed E-state index contributed by atoms with van der Waals surface area (Å²) >= 11 is 0. The van der Waals surface area contributed by atoms with Crippen molar-refractivity contribution in [1.29, 1.82) is 0 Å². The molecule has 3 rings (SSSR count). The van der Waals surface area contributed by atoms with E-state index in [1.807, 2.05) is 28.9 Å². The van der Waals surface area contributed by atoms with Crippen LogP contribution in [0.3, 0.4) is 0 Å². The third-order valence-electron chi connectivity index (χ3n) is 3.16. The molecular formula is C13H16N6O. The lowest BCUT2D eigenvalue weighted by molar-refractivity contribution is -0.116. The second-order valence-corrected chi connectivity index (χ2v) is 4.85. The Balaban J connectivity index is 1.83. The van der Waals surface area contributed by atoms with Crippen molar-refractivity contribution in [2.75, 3.05) is 11.9 Å². The van der Waals surface area contributed by atoms with Crippen molar-refractivity contribution in [3.05, 3.63) is 24.3 Å². The standard InChI is InChI=1S/C13H16N6O/c14-7-6-12(20)15-10-3-1-2-9(8-10)13-16-17-18-19(13)11-4-5-11/h1-3,8,11H,4-7,14H2,(H,15,20). The fraction of sp³-hybridized carbons (Fsp3) is 0.385. The first-order chi connectivity index (χ1) is 9.78. The number of hydrogen-bond donors (Lipinski definition) is 2. The zero-order chi connectivity index (χ0) is 13.9. The summed E-state index contributed by atoms with van der Waals surface area (Å²) in [6, 6.07) is 7.93. The van der Waals surface area contributed by atoms with Gasteiger partial charge in [-0.3, -0.25) is 4.79 Å². The molecule has 1 amide bonds. The topological polar surface area (TPSA) is 98.7 Å². The van der Waals surface area contributed by atoms with Crippen molar-refractivity contribution in [3.8, 4) is 11.4 Å². The smallest absolute Gasteiger partial charge is 0.225 e. The number of anilines is 1. The normalized spacial score (nSPS) is 14.2. The number of nitrogens with zero attached hydrogens (tertiary/aromatic N) is 4. The van der Waals surface area contributed by atoms with E-state index in [-0.39, 0.29) is 5.91 Å². The number of carbonyl (C=O) groups is 1. The van der Waals surface area contributed by atoms with E-state index in [9.17, 15) is 4.79 Å². The molecule has 3 N–H and O–H groups in total. The highest BCUT2D eigenvalue weighted by atomic mass is 16.1. The minimum absolute atomic E-state index is 0.0913. The van der Waals surface area contributed by atoms with E-state index in [1.54, 1.807) is 0 Å². The number of amides is 1. The number of carbonyl (C=O) groups excluding carboxylic acids is 1. The maximum atomic E-state index is 11.6. The lowest BCUT2D eigenvalue weighted by Gasteiger charge is -2.07. The summed E-state index contributed by atoms with van der Waals surface area (Å²) in [5.41, 5.74) is 6.98. The van der Waals surface area contributed by atoms with Crippen molar-refractivity contribution in [2.45, 2.75) is 25.3 Å². The first-order valence-electron chi connectivity index (χ1n) is 6.66. The van der Waals surface area contributed by atoms with Gasteiger partial charge in [-0.1, -0.05) is 12.1 Å². The number of aromatic nitrogens is 4. The highest BCUT2D eigenvalue weighted by Gasteiger charge is 2.28. The molecule has 0 saturated heterocycles. The number of hydrogen-bond acceptors (Lipinski definition) is 5. The second-order valence-electron chi connectivity index (χ2n) is 4.85. The molecule has 7 heteroatoms. The highest BCUT2D eigenvalue weighted by molar-refractivity contribution is 5.91. The van der Waals surface area contributed by atoms with Crippen LogP contribution >= 0.6 is 0 Å². The number of nitrogens with one attached hydrogen (secondary N) is 1.